The fourth-order valence-electron chi connectivity index (χ4n) is 6.12. The van der Waals surface area contributed by atoms with Crippen LogP contribution in [0.3, 0.4) is 0 Å². The molecule has 1 fully saturated rings. The number of fused-ring (bicyclic) bond motifs is 5. The highest BCUT2D eigenvalue weighted by atomic mass is 16.6. The summed E-state index contributed by atoms with van der Waals surface area (Å²) >= 11 is 0. The van der Waals surface area contributed by atoms with Crippen LogP contribution in [0.4, 0.5) is 5.69 Å². The van der Waals surface area contributed by atoms with Crippen LogP contribution in [-0.4, -0.2) is 44.5 Å². The Labute approximate surface area is 235 Å². The van der Waals surface area contributed by atoms with Gasteiger partial charge in [-0.25, -0.2) is 0 Å². The number of esters is 1. The summed E-state index contributed by atoms with van der Waals surface area (Å²) in [4.78, 5) is 14.2. The molecule has 0 aromatic heterocycles. The van der Waals surface area contributed by atoms with Crippen LogP contribution in [0.1, 0.15) is 29.7 Å². The molecule has 2 aliphatic heterocycles. The molecule has 0 N–H and O–H groups in total. The van der Waals surface area contributed by atoms with Crippen LogP contribution in [0, 0.1) is 5.92 Å². The molecule has 0 bridgehead atoms. The second-order valence-corrected chi connectivity index (χ2v) is 10.7. The molecule has 40 heavy (non-hydrogen) atoms. The zero-order valence-corrected chi connectivity index (χ0v) is 22.9. The minimum Gasteiger partial charge on any atom is -0.463 e. The van der Waals surface area contributed by atoms with Gasteiger partial charge in [-0.05, 0) is 16.5 Å². The standard InChI is InChI=1S/C34H35NO5/c1-23(36)37-22-30-34(39-21-25-13-7-4-8-14-25)33(38-20-24-11-5-3-6-12-24)29-19-35(2)31-27-16-10-9-15-26(27)17-18-28(31)32(29)40-30/h3-18,29-30,32-34H,19-22H2,1-2H3/t29-,30+,32+,33+,34+/m0/s1. The number of carbonyl (C=O) groups is 1. The number of hydrogen-bond acceptors (Lipinski definition) is 6. The van der Waals surface area contributed by atoms with Crippen molar-refractivity contribution in [2.45, 2.75) is 44.6 Å². The first-order chi connectivity index (χ1) is 19.6. The fourth-order valence-corrected chi connectivity index (χ4v) is 6.12. The fraction of sp³-hybridized carbons (Fsp3) is 0.324. The topological polar surface area (TPSA) is 57.2 Å². The van der Waals surface area contributed by atoms with Crippen molar-refractivity contribution < 1.29 is 23.7 Å². The van der Waals surface area contributed by atoms with Gasteiger partial charge in [0.1, 0.15) is 18.8 Å². The maximum Gasteiger partial charge on any atom is 0.302 e. The average Bonchev–Trinajstić information content (AvgIpc) is 2.99. The normalized spacial score (nSPS) is 23.9. The van der Waals surface area contributed by atoms with Crippen molar-refractivity contribution in [2.24, 2.45) is 5.92 Å². The number of anilines is 1. The molecule has 0 amide bonds. The lowest BCUT2D eigenvalue weighted by molar-refractivity contribution is -0.245. The maximum absolute atomic E-state index is 11.9. The van der Waals surface area contributed by atoms with Crippen LogP contribution in [0.15, 0.2) is 97.1 Å². The third-order valence-electron chi connectivity index (χ3n) is 7.95. The van der Waals surface area contributed by atoms with Crippen molar-refractivity contribution >= 4 is 22.4 Å². The zero-order chi connectivity index (χ0) is 27.5. The van der Waals surface area contributed by atoms with Crippen molar-refractivity contribution in [3.8, 4) is 0 Å². The third kappa shape index (κ3) is 5.48. The number of hydrogen-bond donors (Lipinski definition) is 0. The Bertz CT molecular complexity index is 1440. The van der Waals surface area contributed by atoms with Crippen LogP contribution in [-0.2, 0) is 37.0 Å². The molecular weight excluding hydrogens is 502 g/mol. The largest absolute Gasteiger partial charge is 0.463 e. The van der Waals surface area contributed by atoms with Crippen molar-refractivity contribution in [2.75, 3.05) is 25.1 Å². The summed E-state index contributed by atoms with van der Waals surface area (Å²) in [5, 5.41) is 2.39. The van der Waals surface area contributed by atoms with Crippen molar-refractivity contribution in [1.29, 1.82) is 0 Å². The molecule has 5 atom stereocenters. The Morgan fingerprint density at radius 1 is 0.825 bits per heavy atom. The lowest BCUT2D eigenvalue weighted by Gasteiger charge is -2.51. The summed E-state index contributed by atoms with van der Waals surface area (Å²) in [5.41, 5.74) is 4.46. The molecule has 0 saturated carbocycles. The summed E-state index contributed by atoms with van der Waals surface area (Å²) in [5.74, 6) is -0.333. The third-order valence-corrected chi connectivity index (χ3v) is 7.95. The predicted molar refractivity (Wildman–Crippen MR) is 155 cm³/mol. The van der Waals surface area contributed by atoms with E-state index >= 15 is 0 Å². The first-order valence-electron chi connectivity index (χ1n) is 13.9. The van der Waals surface area contributed by atoms with E-state index in [1.54, 1.807) is 0 Å². The molecule has 206 valence electrons. The molecule has 0 radical (unpaired) electrons. The zero-order valence-electron chi connectivity index (χ0n) is 22.9. The van der Waals surface area contributed by atoms with E-state index in [0.29, 0.717) is 13.2 Å². The van der Waals surface area contributed by atoms with Gasteiger partial charge in [0.05, 0.1) is 31.1 Å². The molecule has 6 heteroatoms. The number of benzene rings is 4. The Balaban J connectivity index is 1.38. The van der Waals surface area contributed by atoms with Gasteiger partial charge in [-0.2, -0.15) is 0 Å². The second kappa shape index (κ2) is 11.8. The lowest BCUT2D eigenvalue weighted by Crippen LogP contribution is -2.58. The molecular formula is C34H35NO5. The molecule has 6 rings (SSSR count). The van der Waals surface area contributed by atoms with E-state index < -0.39 is 12.2 Å². The number of ether oxygens (including phenoxy) is 4. The van der Waals surface area contributed by atoms with E-state index in [4.69, 9.17) is 18.9 Å². The van der Waals surface area contributed by atoms with Gasteiger partial charge in [-0.15, -0.1) is 0 Å². The van der Waals surface area contributed by atoms with Gasteiger partial charge in [0.15, 0.2) is 0 Å². The monoisotopic (exact) mass is 537 g/mol. The van der Waals surface area contributed by atoms with Crippen LogP contribution in [0.25, 0.3) is 10.8 Å². The number of rotatable bonds is 8. The van der Waals surface area contributed by atoms with Gasteiger partial charge < -0.3 is 23.8 Å². The van der Waals surface area contributed by atoms with E-state index in [1.807, 2.05) is 48.5 Å². The van der Waals surface area contributed by atoms with Gasteiger partial charge in [-0.1, -0.05) is 97.1 Å². The van der Waals surface area contributed by atoms with E-state index in [9.17, 15) is 4.79 Å². The first kappa shape index (κ1) is 26.5. The smallest absolute Gasteiger partial charge is 0.302 e. The Hall–Kier alpha value is -3.71. The summed E-state index contributed by atoms with van der Waals surface area (Å²) in [7, 11) is 2.14. The van der Waals surface area contributed by atoms with E-state index in [0.717, 1.165) is 23.2 Å². The van der Waals surface area contributed by atoms with Crippen LogP contribution >= 0.6 is 0 Å². The SMILES string of the molecule is CC(=O)OC[C@H]1O[C@@H]2c3ccc4ccccc4c3N(C)C[C@@H]2[C@@H](OCc2ccccc2)[C@@H]1OCc1ccccc1. The highest BCUT2D eigenvalue weighted by Crippen LogP contribution is 2.48. The minimum atomic E-state index is -0.489. The molecule has 6 nitrogen and oxygen atoms in total. The minimum absolute atomic E-state index is 0.0109. The molecule has 2 aliphatic rings. The molecule has 0 spiro atoms. The molecule has 2 heterocycles. The summed E-state index contributed by atoms with van der Waals surface area (Å²) in [6, 6.07) is 33.1. The van der Waals surface area contributed by atoms with Gasteiger partial charge in [0, 0.05) is 37.4 Å². The van der Waals surface area contributed by atoms with Crippen LogP contribution in [0.2, 0.25) is 0 Å². The summed E-state index contributed by atoms with van der Waals surface area (Å²) < 4.78 is 25.7. The number of nitrogens with zero attached hydrogens (tertiary/aromatic N) is 1. The molecule has 4 aromatic rings. The van der Waals surface area contributed by atoms with Crippen LogP contribution < -0.4 is 4.90 Å². The quantitative estimate of drug-likeness (QED) is 0.254. The Morgan fingerprint density at radius 2 is 1.45 bits per heavy atom. The van der Waals surface area contributed by atoms with Crippen molar-refractivity contribution in [3.63, 3.8) is 0 Å². The van der Waals surface area contributed by atoms with Crippen LogP contribution in [0.5, 0.6) is 0 Å². The average molecular weight is 538 g/mol. The number of carbonyl (C=O) groups excluding carboxylic acids is 1. The highest BCUT2D eigenvalue weighted by Gasteiger charge is 2.51. The molecule has 0 aliphatic carbocycles. The second-order valence-electron chi connectivity index (χ2n) is 10.7. The lowest BCUT2D eigenvalue weighted by atomic mass is 9.79. The molecule has 1 saturated heterocycles. The first-order valence-corrected chi connectivity index (χ1v) is 13.9. The maximum atomic E-state index is 11.9. The van der Waals surface area contributed by atoms with Gasteiger partial charge in [-0.3, -0.25) is 4.79 Å². The van der Waals surface area contributed by atoms with Gasteiger partial charge in [0.2, 0.25) is 0 Å². The van der Waals surface area contributed by atoms with Gasteiger partial charge >= 0.3 is 5.97 Å². The van der Waals surface area contributed by atoms with Crippen molar-refractivity contribution in [3.05, 3.63) is 114 Å². The molecule has 0 unspecified atom stereocenters. The van der Waals surface area contributed by atoms with E-state index in [-0.39, 0.29) is 30.7 Å². The molecule has 4 aromatic carbocycles. The summed E-state index contributed by atoms with van der Waals surface area (Å²) in [6.45, 7) is 3.13. The predicted octanol–water partition coefficient (Wildman–Crippen LogP) is 6.08. The van der Waals surface area contributed by atoms with E-state index in [1.165, 1.54) is 23.4 Å². The van der Waals surface area contributed by atoms with Crippen molar-refractivity contribution in [1.82, 2.24) is 0 Å². The van der Waals surface area contributed by atoms with E-state index in [2.05, 4.69) is 60.5 Å². The summed E-state index contributed by atoms with van der Waals surface area (Å²) in [6.07, 6.45) is -1.43. The highest BCUT2D eigenvalue weighted by molar-refractivity contribution is 5.96. The Kier molecular flexibility index (Phi) is 7.82. The van der Waals surface area contributed by atoms with Gasteiger partial charge in [0.25, 0.3) is 0 Å². The Morgan fingerprint density at radius 3 is 2.12 bits per heavy atom.